The number of allylic oxidation sites excluding steroid dienone is 1. The monoisotopic (exact) mass is 278 g/mol. The number of esters is 1. The van der Waals surface area contributed by atoms with Crippen molar-refractivity contribution in [3.63, 3.8) is 0 Å². The molecule has 0 saturated carbocycles. The molecule has 1 saturated heterocycles. The number of rotatable bonds is 1. The Hall–Kier alpha value is -1.46. The van der Waals surface area contributed by atoms with Crippen LogP contribution in [0.1, 0.15) is 20.3 Å². The van der Waals surface area contributed by atoms with Crippen LogP contribution in [0.5, 0.6) is 0 Å². The molecule has 5 heteroatoms. The van der Waals surface area contributed by atoms with Gasteiger partial charge >= 0.3 is 5.97 Å². The van der Waals surface area contributed by atoms with Crippen molar-refractivity contribution in [2.75, 3.05) is 6.61 Å². The highest BCUT2D eigenvalue weighted by molar-refractivity contribution is 6.09. The van der Waals surface area contributed by atoms with Crippen molar-refractivity contribution in [1.29, 1.82) is 0 Å². The normalized spacial score (nSPS) is 40.2. The number of hydrogen-bond donors (Lipinski definition) is 2. The summed E-state index contributed by atoms with van der Waals surface area (Å²) in [7, 11) is 0. The van der Waals surface area contributed by atoms with Gasteiger partial charge in [0, 0.05) is 17.4 Å². The van der Waals surface area contributed by atoms with Crippen molar-refractivity contribution >= 4 is 11.8 Å². The molecule has 0 unspecified atom stereocenters. The molecule has 0 amide bonds. The highest BCUT2D eigenvalue weighted by atomic mass is 16.6. The molecule has 5 nitrogen and oxygen atoms in total. The quantitative estimate of drug-likeness (QED) is 0.677. The van der Waals surface area contributed by atoms with Crippen molar-refractivity contribution < 1.29 is 24.5 Å². The number of hydrogen-bond acceptors (Lipinski definition) is 5. The first-order valence-electron chi connectivity index (χ1n) is 6.89. The van der Waals surface area contributed by atoms with Crippen LogP contribution in [0.3, 0.4) is 0 Å². The molecule has 5 atom stereocenters. The highest BCUT2D eigenvalue weighted by Crippen LogP contribution is 2.47. The zero-order valence-electron chi connectivity index (χ0n) is 11.5. The molecular formula is C15H18O5. The van der Waals surface area contributed by atoms with Crippen LogP contribution in [0.2, 0.25) is 0 Å². The smallest absolute Gasteiger partial charge is 0.309 e. The van der Waals surface area contributed by atoms with Gasteiger partial charge in [-0.1, -0.05) is 12.5 Å². The fourth-order valence-corrected chi connectivity index (χ4v) is 3.83. The molecule has 1 heterocycles. The lowest BCUT2D eigenvalue weighted by Crippen LogP contribution is -2.35. The maximum atomic E-state index is 12.1. The highest BCUT2D eigenvalue weighted by Gasteiger charge is 2.54. The van der Waals surface area contributed by atoms with Crippen molar-refractivity contribution in [3.8, 4) is 0 Å². The van der Waals surface area contributed by atoms with E-state index in [4.69, 9.17) is 4.74 Å². The Morgan fingerprint density at radius 3 is 2.75 bits per heavy atom. The van der Waals surface area contributed by atoms with Crippen LogP contribution in [-0.2, 0) is 14.3 Å². The Kier molecular flexibility index (Phi) is 3.06. The number of ether oxygens (including phenoxy) is 1. The van der Waals surface area contributed by atoms with E-state index < -0.39 is 24.0 Å². The second-order valence-electron chi connectivity index (χ2n) is 5.95. The Morgan fingerprint density at radius 2 is 2.10 bits per heavy atom. The van der Waals surface area contributed by atoms with Gasteiger partial charge in [-0.3, -0.25) is 9.59 Å². The van der Waals surface area contributed by atoms with Crippen LogP contribution in [0.25, 0.3) is 0 Å². The summed E-state index contributed by atoms with van der Waals surface area (Å²) >= 11 is 0. The summed E-state index contributed by atoms with van der Waals surface area (Å²) in [4.78, 5) is 24.0. The first kappa shape index (κ1) is 13.5. The zero-order valence-corrected chi connectivity index (χ0v) is 11.5. The van der Waals surface area contributed by atoms with Gasteiger partial charge in [-0.2, -0.15) is 0 Å². The van der Waals surface area contributed by atoms with Crippen LogP contribution < -0.4 is 0 Å². The number of aliphatic hydroxyl groups is 2. The number of ketones is 1. The molecule has 108 valence electrons. The summed E-state index contributed by atoms with van der Waals surface area (Å²) in [6, 6.07) is 0. The van der Waals surface area contributed by atoms with Crippen LogP contribution in [0, 0.1) is 17.8 Å². The van der Waals surface area contributed by atoms with E-state index in [1.807, 2.05) is 6.92 Å². The van der Waals surface area contributed by atoms with E-state index in [1.54, 1.807) is 6.92 Å². The molecule has 0 bridgehead atoms. The summed E-state index contributed by atoms with van der Waals surface area (Å²) in [5.74, 6) is -1.60. The molecule has 0 aromatic carbocycles. The molecule has 0 radical (unpaired) electrons. The topological polar surface area (TPSA) is 83.8 Å². The Bertz CT molecular complexity index is 544. The number of fused-ring (bicyclic) bond motifs is 3. The van der Waals surface area contributed by atoms with Gasteiger partial charge in [0.25, 0.3) is 0 Å². The molecular weight excluding hydrogens is 260 g/mol. The minimum absolute atomic E-state index is 0.139. The predicted molar refractivity (Wildman–Crippen MR) is 69.5 cm³/mol. The molecule has 1 fully saturated rings. The van der Waals surface area contributed by atoms with Gasteiger partial charge in [-0.25, -0.2) is 0 Å². The predicted octanol–water partition coefficient (Wildman–Crippen LogP) is 0.363. The minimum Gasteiger partial charge on any atom is -0.461 e. The molecule has 20 heavy (non-hydrogen) atoms. The van der Waals surface area contributed by atoms with Crippen molar-refractivity contribution in [2.45, 2.75) is 32.5 Å². The molecule has 1 aliphatic heterocycles. The lowest BCUT2D eigenvalue weighted by Gasteiger charge is -2.27. The van der Waals surface area contributed by atoms with E-state index in [-0.39, 0.29) is 24.3 Å². The fraction of sp³-hybridized carbons (Fsp3) is 0.600. The number of aliphatic hydroxyl groups excluding tert-OH is 2. The van der Waals surface area contributed by atoms with Gasteiger partial charge in [0.15, 0.2) is 5.78 Å². The SMILES string of the molecule is CC1=C2C(=O)C=C(CO)[C@@H]2[C@H]2OC(=O)[C@H](C)[C@@H]2[C@@H](O)C1. The average molecular weight is 278 g/mol. The molecule has 3 rings (SSSR count). The van der Waals surface area contributed by atoms with Crippen molar-refractivity contribution in [3.05, 3.63) is 22.8 Å². The van der Waals surface area contributed by atoms with E-state index in [2.05, 4.69) is 0 Å². The van der Waals surface area contributed by atoms with Crippen molar-refractivity contribution in [1.82, 2.24) is 0 Å². The third-order valence-corrected chi connectivity index (χ3v) is 4.80. The molecule has 3 aliphatic rings. The summed E-state index contributed by atoms with van der Waals surface area (Å²) in [5.41, 5.74) is 1.99. The van der Waals surface area contributed by atoms with Crippen LogP contribution in [0.4, 0.5) is 0 Å². The number of carbonyl (C=O) groups is 2. The lowest BCUT2D eigenvalue weighted by atomic mass is 9.79. The lowest BCUT2D eigenvalue weighted by molar-refractivity contribution is -0.145. The fourth-order valence-electron chi connectivity index (χ4n) is 3.83. The van der Waals surface area contributed by atoms with Gasteiger partial charge in [0.05, 0.1) is 18.6 Å². The van der Waals surface area contributed by atoms with Crippen LogP contribution >= 0.6 is 0 Å². The van der Waals surface area contributed by atoms with E-state index in [9.17, 15) is 19.8 Å². The van der Waals surface area contributed by atoms with E-state index >= 15 is 0 Å². The molecule has 0 spiro atoms. The third kappa shape index (κ3) is 1.70. The molecule has 2 aliphatic carbocycles. The third-order valence-electron chi connectivity index (χ3n) is 4.80. The first-order chi connectivity index (χ1) is 9.45. The summed E-state index contributed by atoms with van der Waals surface area (Å²) < 4.78 is 5.43. The Balaban J connectivity index is 2.11. The van der Waals surface area contributed by atoms with Gasteiger partial charge in [0.2, 0.25) is 0 Å². The molecule has 2 N–H and O–H groups in total. The Morgan fingerprint density at radius 1 is 1.40 bits per heavy atom. The zero-order chi connectivity index (χ0) is 14.6. The Labute approximate surface area is 116 Å². The van der Waals surface area contributed by atoms with Gasteiger partial charge in [-0.15, -0.1) is 0 Å². The van der Waals surface area contributed by atoms with Gasteiger partial charge < -0.3 is 14.9 Å². The largest absolute Gasteiger partial charge is 0.461 e. The molecule has 0 aromatic heterocycles. The van der Waals surface area contributed by atoms with Crippen molar-refractivity contribution in [2.24, 2.45) is 17.8 Å². The second kappa shape index (κ2) is 4.53. The minimum atomic E-state index is -0.702. The second-order valence-corrected chi connectivity index (χ2v) is 5.95. The average Bonchev–Trinajstić information content (AvgIpc) is 2.83. The standard InChI is InChI=1S/C15H18O5/c1-6-3-9(17)12-7(2)15(19)20-14(12)13-8(5-16)4-10(18)11(6)13/h4,7,9,12-14,16-17H,3,5H2,1-2H3/t7-,9+,12-,13+,14+/m1/s1. The number of carbonyl (C=O) groups excluding carboxylic acids is 2. The van der Waals surface area contributed by atoms with Gasteiger partial charge in [0.1, 0.15) is 6.10 Å². The first-order valence-corrected chi connectivity index (χ1v) is 6.89. The summed E-state index contributed by atoms with van der Waals surface area (Å²) in [6.07, 6.45) is 0.554. The van der Waals surface area contributed by atoms with Crippen LogP contribution in [0.15, 0.2) is 22.8 Å². The summed E-state index contributed by atoms with van der Waals surface area (Å²) in [6.45, 7) is 3.33. The van der Waals surface area contributed by atoms with Gasteiger partial charge in [-0.05, 0) is 25.0 Å². The van der Waals surface area contributed by atoms with E-state index in [0.717, 1.165) is 5.57 Å². The van der Waals surface area contributed by atoms with E-state index in [0.29, 0.717) is 17.6 Å². The van der Waals surface area contributed by atoms with Crippen LogP contribution in [-0.4, -0.2) is 40.8 Å². The maximum Gasteiger partial charge on any atom is 0.309 e. The maximum absolute atomic E-state index is 12.1. The molecule has 0 aromatic rings. The van der Waals surface area contributed by atoms with E-state index in [1.165, 1.54) is 6.08 Å². The summed E-state index contributed by atoms with van der Waals surface area (Å²) in [5, 5.41) is 19.8.